The Morgan fingerprint density at radius 2 is 1.85 bits per heavy atom. The molecule has 5 heteroatoms. The lowest BCUT2D eigenvalue weighted by molar-refractivity contribution is -0.242. The number of aliphatic hydroxyl groups excluding tert-OH is 1. The van der Waals surface area contributed by atoms with Crippen LogP contribution in [0.15, 0.2) is 0 Å². The zero-order valence-corrected chi connectivity index (χ0v) is 14.6. The molecule has 0 aromatic heterocycles. The molecule has 2 aliphatic rings. The zero-order valence-electron chi connectivity index (χ0n) is 13.6. The fourth-order valence-electron chi connectivity index (χ4n) is 2.69. The Morgan fingerprint density at radius 1 is 1.25 bits per heavy atom. The van der Waals surface area contributed by atoms with Gasteiger partial charge in [0.2, 0.25) is 0 Å². The molecule has 118 valence electrons. The fraction of sp³-hybridized carbons (Fsp3) is 1.00. The quantitative estimate of drug-likeness (QED) is 0.814. The normalized spacial score (nSPS) is 30.9. The minimum atomic E-state index is -1.69. The predicted octanol–water partition coefficient (Wildman–Crippen LogP) is 2.91. The van der Waals surface area contributed by atoms with Crippen molar-refractivity contribution >= 4 is 8.32 Å². The van der Waals surface area contributed by atoms with Gasteiger partial charge in [0.25, 0.3) is 0 Å². The number of hydrogen-bond donors (Lipinski definition) is 1. The van der Waals surface area contributed by atoms with Gasteiger partial charge in [-0.1, -0.05) is 20.8 Å². The summed E-state index contributed by atoms with van der Waals surface area (Å²) in [7, 11) is -1.69. The van der Waals surface area contributed by atoms with Gasteiger partial charge in [-0.15, -0.1) is 0 Å². The first kappa shape index (κ1) is 16.4. The SMILES string of the molecule is CC(C)(C)[Si](C)(C)OC[C@@H]1CCC2(OCCO2)[C@H](O)C1. The summed E-state index contributed by atoms with van der Waals surface area (Å²) >= 11 is 0. The third-order valence-corrected chi connectivity index (χ3v) is 9.73. The van der Waals surface area contributed by atoms with E-state index < -0.39 is 20.2 Å². The van der Waals surface area contributed by atoms with Crippen LogP contribution in [0.4, 0.5) is 0 Å². The van der Waals surface area contributed by atoms with E-state index in [1.807, 2.05) is 0 Å². The Bertz CT molecular complexity index is 331. The second-order valence-corrected chi connectivity index (χ2v) is 12.5. The zero-order chi connectivity index (χ0) is 15.0. The molecule has 1 aliphatic carbocycles. The van der Waals surface area contributed by atoms with Crippen molar-refractivity contribution in [3.05, 3.63) is 0 Å². The second kappa shape index (κ2) is 5.69. The lowest BCUT2D eigenvalue weighted by Crippen LogP contribution is -2.49. The van der Waals surface area contributed by atoms with Crippen LogP contribution in [-0.2, 0) is 13.9 Å². The van der Waals surface area contributed by atoms with E-state index in [4.69, 9.17) is 13.9 Å². The lowest BCUT2D eigenvalue weighted by Gasteiger charge is -2.42. The van der Waals surface area contributed by atoms with Gasteiger partial charge in [-0.2, -0.15) is 0 Å². The van der Waals surface area contributed by atoms with Crippen LogP contribution in [0, 0.1) is 5.92 Å². The molecule has 0 aromatic rings. The molecule has 1 saturated heterocycles. The van der Waals surface area contributed by atoms with Gasteiger partial charge >= 0.3 is 0 Å². The van der Waals surface area contributed by atoms with E-state index in [2.05, 4.69) is 33.9 Å². The summed E-state index contributed by atoms with van der Waals surface area (Å²) in [5.41, 5.74) is 0. The monoisotopic (exact) mass is 302 g/mol. The average molecular weight is 302 g/mol. The fourth-order valence-corrected chi connectivity index (χ4v) is 3.77. The molecule has 0 aromatic carbocycles. The van der Waals surface area contributed by atoms with Crippen LogP contribution in [0.25, 0.3) is 0 Å². The van der Waals surface area contributed by atoms with Gasteiger partial charge in [0.05, 0.1) is 13.2 Å². The van der Waals surface area contributed by atoms with Crippen LogP contribution >= 0.6 is 0 Å². The topological polar surface area (TPSA) is 47.9 Å². The van der Waals surface area contributed by atoms with Gasteiger partial charge in [0.15, 0.2) is 14.1 Å². The first-order valence-electron chi connectivity index (χ1n) is 7.76. The molecular weight excluding hydrogens is 272 g/mol. The van der Waals surface area contributed by atoms with Crippen LogP contribution in [0.5, 0.6) is 0 Å². The maximum atomic E-state index is 10.3. The second-order valence-electron chi connectivity index (χ2n) is 7.74. The van der Waals surface area contributed by atoms with Crippen molar-refractivity contribution in [3.63, 3.8) is 0 Å². The van der Waals surface area contributed by atoms with E-state index in [0.717, 1.165) is 19.4 Å². The largest absolute Gasteiger partial charge is 0.417 e. The molecule has 0 bridgehead atoms. The van der Waals surface area contributed by atoms with Gasteiger partial charge in [-0.3, -0.25) is 0 Å². The molecule has 1 heterocycles. The maximum absolute atomic E-state index is 10.3. The van der Waals surface area contributed by atoms with Crippen LogP contribution in [0.3, 0.4) is 0 Å². The van der Waals surface area contributed by atoms with E-state index in [0.29, 0.717) is 25.6 Å². The Labute approximate surface area is 123 Å². The molecule has 20 heavy (non-hydrogen) atoms. The molecule has 1 spiro atoms. The highest BCUT2D eigenvalue weighted by molar-refractivity contribution is 6.74. The molecule has 0 amide bonds. The van der Waals surface area contributed by atoms with Crippen molar-refractivity contribution in [1.29, 1.82) is 0 Å². The summed E-state index contributed by atoms with van der Waals surface area (Å²) in [6, 6.07) is 0. The maximum Gasteiger partial charge on any atom is 0.194 e. The molecule has 0 unspecified atom stereocenters. The Hall–Kier alpha value is 0.0569. The van der Waals surface area contributed by atoms with Crippen molar-refractivity contribution < 1.29 is 19.0 Å². The molecule has 1 N–H and O–H groups in total. The third-order valence-electron chi connectivity index (χ3n) is 5.23. The van der Waals surface area contributed by atoms with Gasteiger partial charge in [-0.05, 0) is 36.9 Å². The predicted molar refractivity (Wildman–Crippen MR) is 81.1 cm³/mol. The van der Waals surface area contributed by atoms with E-state index in [-0.39, 0.29) is 5.04 Å². The summed E-state index contributed by atoms with van der Waals surface area (Å²) in [6.07, 6.45) is 1.98. The molecular formula is C15H30O4Si. The first-order chi connectivity index (χ1) is 9.16. The first-order valence-corrected chi connectivity index (χ1v) is 10.7. The summed E-state index contributed by atoms with van der Waals surface area (Å²) in [6.45, 7) is 13.3. The van der Waals surface area contributed by atoms with E-state index in [1.54, 1.807) is 0 Å². The average Bonchev–Trinajstić information content (AvgIpc) is 2.79. The molecule has 2 fully saturated rings. The number of aliphatic hydroxyl groups is 1. The Kier molecular flexibility index (Phi) is 4.67. The number of ether oxygens (including phenoxy) is 2. The van der Waals surface area contributed by atoms with Crippen molar-refractivity contribution in [1.82, 2.24) is 0 Å². The van der Waals surface area contributed by atoms with Crippen LogP contribution in [-0.4, -0.2) is 45.1 Å². The smallest absolute Gasteiger partial charge is 0.194 e. The Balaban J connectivity index is 1.85. The number of rotatable bonds is 3. The minimum Gasteiger partial charge on any atom is -0.417 e. The van der Waals surface area contributed by atoms with Crippen molar-refractivity contribution in [2.45, 2.75) is 70.1 Å². The highest BCUT2D eigenvalue weighted by atomic mass is 28.4. The highest BCUT2D eigenvalue weighted by Gasteiger charge is 2.48. The van der Waals surface area contributed by atoms with Gasteiger partial charge in [0, 0.05) is 13.0 Å². The van der Waals surface area contributed by atoms with Gasteiger partial charge in [-0.25, -0.2) is 0 Å². The van der Waals surface area contributed by atoms with Crippen molar-refractivity contribution in [3.8, 4) is 0 Å². The highest BCUT2D eigenvalue weighted by Crippen LogP contribution is 2.41. The van der Waals surface area contributed by atoms with Gasteiger partial charge < -0.3 is 19.0 Å². The summed E-state index contributed by atoms with van der Waals surface area (Å²) in [5.74, 6) is -0.300. The standard InChI is InChI=1S/C15H30O4Si/c1-14(2,3)20(4,5)19-11-12-6-7-15(13(16)10-12)17-8-9-18-15/h12-13,16H,6-11H2,1-5H3/t12-,13-/m1/s1. The van der Waals surface area contributed by atoms with Crippen LogP contribution in [0.1, 0.15) is 40.0 Å². The van der Waals surface area contributed by atoms with E-state index >= 15 is 0 Å². The molecule has 4 nitrogen and oxygen atoms in total. The third kappa shape index (κ3) is 3.27. The van der Waals surface area contributed by atoms with E-state index in [9.17, 15) is 5.11 Å². The molecule has 1 aliphatic heterocycles. The van der Waals surface area contributed by atoms with Crippen LogP contribution in [0.2, 0.25) is 18.1 Å². The lowest BCUT2D eigenvalue weighted by atomic mass is 9.83. The molecule has 1 saturated carbocycles. The molecule has 2 rings (SSSR count). The molecule has 2 atom stereocenters. The van der Waals surface area contributed by atoms with Crippen LogP contribution < -0.4 is 0 Å². The minimum absolute atomic E-state index is 0.235. The van der Waals surface area contributed by atoms with Crippen molar-refractivity contribution in [2.24, 2.45) is 5.92 Å². The Morgan fingerprint density at radius 3 is 2.35 bits per heavy atom. The molecule has 0 radical (unpaired) electrons. The van der Waals surface area contributed by atoms with Crippen molar-refractivity contribution in [2.75, 3.05) is 19.8 Å². The summed E-state index contributed by atoms with van der Waals surface area (Å²) in [4.78, 5) is 0. The summed E-state index contributed by atoms with van der Waals surface area (Å²) in [5, 5.41) is 10.6. The number of hydrogen-bond acceptors (Lipinski definition) is 4. The summed E-state index contributed by atoms with van der Waals surface area (Å²) < 4.78 is 17.6. The van der Waals surface area contributed by atoms with Gasteiger partial charge in [0.1, 0.15) is 6.10 Å². The van der Waals surface area contributed by atoms with E-state index in [1.165, 1.54) is 0 Å².